The molecule has 3 N–H and O–H groups in total. The molecule has 2 rings (SSSR count). The van der Waals surface area contributed by atoms with E-state index in [4.69, 9.17) is 22.6 Å². The highest BCUT2D eigenvalue weighted by Crippen LogP contribution is 2.26. The first-order chi connectivity index (χ1) is 9.52. The topological polar surface area (TPSA) is 78.9 Å². The van der Waals surface area contributed by atoms with Crippen LogP contribution in [-0.4, -0.2) is 5.91 Å². The van der Waals surface area contributed by atoms with Crippen molar-refractivity contribution in [3.8, 4) is 6.07 Å². The number of para-hydroxylation sites is 1. The van der Waals surface area contributed by atoms with E-state index in [1.54, 1.807) is 36.4 Å². The molecule has 0 heterocycles. The Morgan fingerprint density at radius 1 is 1.35 bits per heavy atom. The number of nitrogen functional groups attached to an aromatic ring is 1. The molecule has 0 atom stereocenters. The van der Waals surface area contributed by atoms with Gasteiger partial charge >= 0.3 is 0 Å². The first-order valence-electron chi connectivity index (χ1n) is 5.58. The molecule has 6 heteroatoms. The van der Waals surface area contributed by atoms with Crippen LogP contribution in [0, 0.1) is 11.3 Å². The Morgan fingerprint density at radius 3 is 2.75 bits per heavy atom. The summed E-state index contributed by atoms with van der Waals surface area (Å²) >= 11 is 9.18. The van der Waals surface area contributed by atoms with Crippen molar-refractivity contribution < 1.29 is 4.79 Å². The van der Waals surface area contributed by atoms with Gasteiger partial charge in [0, 0.05) is 4.47 Å². The molecule has 0 aliphatic carbocycles. The summed E-state index contributed by atoms with van der Waals surface area (Å²) in [5.74, 6) is -0.365. The molecule has 0 aliphatic rings. The van der Waals surface area contributed by atoms with Gasteiger partial charge in [0.15, 0.2) is 0 Å². The van der Waals surface area contributed by atoms with Crippen LogP contribution < -0.4 is 11.1 Å². The minimum Gasteiger partial charge on any atom is -0.397 e. The molecule has 0 saturated heterocycles. The van der Waals surface area contributed by atoms with Gasteiger partial charge in [0.25, 0.3) is 5.91 Å². The second-order valence-electron chi connectivity index (χ2n) is 3.96. The predicted molar refractivity (Wildman–Crippen MR) is 82.7 cm³/mol. The highest BCUT2D eigenvalue weighted by molar-refractivity contribution is 9.10. The van der Waals surface area contributed by atoms with Gasteiger partial charge in [0.1, 0.15) is 0 Å². The fourth-order valence-electron chi connectivity index (χ4n) is 1.61. The summed E-state index contributed by atoms with van der Waals surface area (Å²) in [6.07, 6.45) is 0. The minimum absolute atomic E-state index is 0.233. The monoisotopic (exact) mass is 349 g/mol. The van der Waals surface area contributed by atoms with Crippen LogP contribution in [-0.2, 0) is 0 Å². The van der Waals surface area contributed by atoms with Gasteiger partial charge in [0.05, 0.1) is 33.6 Å². The lowest BCUT2D eigenvalue weighted by molar-refractivity contribution is 0.102. The Labute approximate surface area is 129 Å². The normalized spacial score (nSPS) is 9.85. The van der Waals surface area contributed by atoms with Gasteiger partial charge in [0.2, 0.25) is 0 Å². The molecule has 0 aromatic heterocycles. The van der Waals surface area contributed by atoms with E-state index in [-0.39, 0.29) is 11.6 Å². The molecule has 0 radical (unpaired) electrons. The maximum Gasteiger partial charge on any atom is 0.257 e. The Hall–Kier alpha value is -2.03. The Bertz CT molecular complexity index is 725. The van der Waals surface area contributed by atoms with Crippen LogP contribution in [0.15, 0.2) is 40.9 Å². The first-order valence-corrected chi connectivity index (χ1v) is 6.75. The average molecular weight is 351 g/mol. The molecule has 0 fully saturated rings. The van der Waals surface area contributed by atoms with Crippen LogP contribution in [0.25, 0.3) is 0 Å². The summed E-state index contributed by atoms with van der Waals surface area (Å²) in [4.78, 5) is 12.2. The van der Waals surface area contributed by atoms with Gasteiger partial charge < -0.3 is 11.1 Å². The number of nitrogens with two attached hydrogens (primary N) is 1. The highest BCUT2D eigenvalue weighted by Gasteiger charge is 2.13. The molecule has 20 heavy (non-hydrogen) atoms. The quantitative estimate of drug-likeness (QED) is 0.808. The molecular formula is C14H9BrClN3O. The minimum atomic E-state index is -0.365. The fourth-order valence-corrected chi connectivity index (χ4v) is 2.26. The number of amides is 1. The number of hydrogen-bond acceptors (Lipinski definition) is 3. The summed E-state index contributed by atoms with van der Waals surface area (Å²) in [6, 6.07) is 11.8. The molecule has 2 aromatic rings. The second kappa shape index (κ2) is 5.95. The number of halogens is 2. The summed E-state index contributed by atoms with van der Waals surface area (Å²) in [6.45, 7) is 0. The van der Waals surface area contributed by atoms with Crippen molar-refractivity contribution in [2.75, 3.05) is 11.1 Å². The zero-order valence-electron chi connectivity index (χ0n) is 10.2. The van der Waals surface area contributed by atoms with Crippen LogP contribution in [0.1, 0.15) is 15.9 Å². The third kappa shape index (κ3) is 2.93. The Kier molecular flexibility index (Phi) is 4.28. The van der Waals surface area contributed by atoms with E-state index >= 15 is 0 Å². The van der Waals surface area contributed by atoms with E-state index in [2.05, 4.69) is 21.2 Å². The number of benzene rings is 2. The maximum absolute atomic E-state index is 12.2. The molecular weight excluding hydrogens is 342 g/mol. The maximum atomic E-state index is 12.2. The van der Waals surface area contributed by atoms with Crippen molar-refractivity contribution in [1.82, 2.24) is 0 Å². The summed E-state index contributed by atoms with van der Waals surface area (Å²) < 4.78 is 0.616. The van der Waals surface area contributed by atoms with Crippen molar-refractivity contribution >= 4 is 44.8 Å². The number of nitriles is 1. The van der Waals surface area contributed by atoms with Crippen molar-refractivity contribution in [3.05, 3.63) is 57.0 Å². The first kappa shape index (κ1) is 14.4. The molecule has 0 spiro atoms. The van der Waals surface area contributed by atoms with E-state index < -0.39 is 0 Å². The number of hydrogen-bond donors (Lipinski definition) is 2. The lowest BCUT2D eigenvalue weighted by Gasteiger charge is -2.10. The SMILES string of the molecule is N#Cc1ccc(NC(=O)c2cccc(Cl)c2N)c(Br)c1. The summed E-state index contributed by atoms with van der Waals surface area (Å²) in [7, 11) is 0. The predicted octanol–water partition coefficient (Wildman–Crippen LogP) is 3.81. The van der Waals surface area contributed by atoms with Crippen molar-refractivity contribution in [3.63, 3.8) is 0 Å². The molecule has 1 amide bonds. The van der Waals surface area contributed by atoms with Crippen molar-refractivity contribution in [1.29, 1.82) is 5.26 Å². The molecule has 100 valence electrons. The Morgan fingerprint density at radius 2 is 2.10 bits per heavy atom. The molecule has 0 unspecified atom stereocenters. The van der Waals surface area contributed by atoms with Crippen molar-refractivity contribution in [2.45, 2.75) is 0 Å². The molecule has 0 aliphatic heterocycles. The van der Waals surface area contributed by atoms with E-state index in [1.807, 2.05) is 6.07 Å². The number of carbonyl (C=O) groups excluding carboxylic acids is 1. The van der Waals surface area contributed by atoms with Gasteiger partial charge in [-0.1, -0.05) is 17.7 Å². The number of rotatable bonds is 2. The van der Waals surface area contributed by atoms with E-state index in [0.717, 1.165) is 0 Å². The van der Waals surface area contributed by atoms with E-state index in [1.165, 1.54) is 0 Å². The van der Waals surface area contributed by atoms with Gasteiger partial charge in [-0.15, -0.1) is 0 Å². The van der Waals surface area contributed by atoms with Gasteiger partial charge in [-0.25, -0.2) is 0 Å². The average Bonchev–Trinajstić information content (AvgIpc) is 2.44. The molecule has 0 bridgehead atoms. The molecule has 0 saturated carbocycles. The lowest BCUT2D eigenvalue weighted by atomic mass is 10.1. The molecule has 4 nitrogen and oxygen atoms in total. The van der Waals surface area contributed by atoms with Crippen molar-refractivity contribution in [2.24, 2.45) is 0 Å². The largest absolute Gasteiger partial charge is 0.397 e. The van der Waals surface area contributed by atoms with Crippen LogP contribution in [0.3, 0.4) is 0 Å². The van der Waals surface area contributed by atoms with Crippen LogP contribution >= 0.6 is 27.5 Å². The second-order valence-corrected chi connectivity index (χ2v) is 5.22. The van der Waals surface area contributed by atoms with Crippen LogP contribution in [0.5, 0.6) is 0 Å². The zero-order chi connectivity index (χ0) is 14.7. The fraction of sp³-hybridized carbons (Fsp3) is 0. The third-order valence-electron chi connectivity index (χ3n) is 2.64. The number of carbonyl (C=O) groups is 1. The van der Waals surface area contributed by atoms with E-state index in [0.29, 0.717) is 26.3 Å². The molecule has 2 aromatic carbocycles. The number of anilines is 2. The van der Waals surface area contributed by atoms with Crippen LogP contribution in [0.4, 0.5) is 11.4 Å². The lowest BCUT2D eigenvalue weighted by Crippen LogP contribution is -2.14. The van der Waals surface area contributed by atoms with Gasteiger partial charge in [-0.3, -0.25) is 4.79 Å². The van der Waals surface area contributed by atoms with Gasteiger partial charge in [-0.05, 0) is 46.3 Å². The standard InChI is InChI=1S/C14H9BrClN3O/c15-10-6-8(7-17)4-5-12(10)19-14(20)9-2-1-3-11(16)13(9)18/h1-6H,18H2,(H,19,20). The zero-order valence-corrected chi connectivity index (χ0v) is 12.5. The smallest absolute Gasteiger partial charge is 0.257 e. The number of nitrogens with zero attached hydrogens (tertiary/aromatic N) is 1. The summed E-state index contributed by atoms with van der Waals surface area (Å²) in [5.41, 5.74) is 7.35. The van der Waals surface area contributed by atoms with Crippen LogP contribution in [0.2, 0.25) is 5.02 Å². The third-order valence-corrected chi connectivity index (χ3v) is 3.63. The highest BCUT2D eigenvalue weighted by atomic mass is 79.9. The number of nitrogens with one attached hydrogen (secondary N) is 1. The van der Waals surface area contributed by atoms with Gasteiger partial charge in [-0.2, -0.15) is 5.26 Å². The summed E-state index contributed by atoms with van der Waals surface area (Å²) in [5, 5.41) is 11.8. The van der Waals surface area contributed by atoms with E-state index in [9.17, 15) is 4.79 Å². The Balaban J connectivity index is 2.29.